The van der Waals surface area contributed by atoms with Crippen LogP contribution in [0.4, 0.5) is 0 Å². The zero-order valence-corrected chi connectivity index (χ0v) is 15.4. The predicted octanol–water partition coefficient (Wildman–Crippen LogP) is 3.50. The summed E-state index contributed by atoms with van der Waals surface area (Å²) < 4.78 is 1.95. The fourth-order valence-electron chi connectivity index (χ4n) is 3.36. The van der Waals surface area contributed by atoms with Crippen LogP contribution in [0.3, 0.4) is 0 Å². The van der Waals surface area contributed by atoms with E-state index < -0.39 is 0 Å². The van der Waals surface area contributed by atoms with Crippen molar-refractivity contribution in [1.82, 2.24) is 19.7 Å². The van der Waals surface area contributed by atoms with Gasteiger partial charge in [-0.1, -0.05) is 36.9 Å². The van der Waals surface area contributed by atoms with Gasteiger partial charge in [-0.3, -0.25) is 4.79 Å². The minimum Gasteiger partial charge on any atom is -0.342 e. The summed E-state index contributed by atoms with van der Waals surface area (Å²) in [7, 11) is 0. The van der Waals surface area contributed by atoms with Gasteiger partial charge in [0.1, 0.15) is 5.82 Å². The lowest BCUT2D eigenvalue weighted by atomic mass is 10.0. The van der Waals surface area contributed by atoms with Gasteiger partial charge >= 0.3 is 0 Å². The van der Waals surface area contributed by atoms with Crippen LogP contribution in [-0.2, 0) is 4.79 Å². The molecular weight excluding hydrogens is 332 g/mol. The summed E-state index contributed by atoms with van der Waals surface area (Å²) in [5.41, 5.74) is 1.04. The topological polar surface area (TPSA) is 51.0 Å². The highest BCUT2D eigenvalue weighted by atomic mass is 32.2. The molecule has 2 aromatic rings. The van der Waals surface area contributed by atoms with Crippen molar-refractivity contribution in [3.05, 3.63) is 36.2 Å². The van der Waals surface area contributed by atoms with Gasteiger partial charge in [0.15, 0.2) is 0 Å². The highest BCUT2D eigenvalue weighted by Crippen LogP contribution is 2.40. The van der Waals surface area contributed by atoms with Crippen LogP contribution in [0, 0.1) is 5.92 Å². The first-order valence-corrected chi connectivity index (χ1v) is 10.1. The van der Waals surface area contributed by atoms with Gasteiger partial charge in [0, 0.05) is 19.0 Å². The van der Waals surface area contributed by atoms with E-state index in [9.17, 15) is 4.79 Å². The summed E-state index contributed by atoms with van der Waals surface area (Å²) >= 11 is 1.46. The molecule has 1 amide bonds. The van der Waals surface area contributed by atoms with Crippen molar-refractivity contribution in [2.45, 2.75) is 43.7 Å². The summed E-state index contributed by atoms with van der Waals surface area (Å²) in [4.78, 5) is 19.2. The summed E-state index contributed by atoms with van der Waals surface area (Å²) in [6.07, 6.45) is 4.70. The second-order valence-corrected chi connectivity index (χ2v) is 8.09. The van der Waals surface area contributed by atoms with Crippen molar-refractivity contribution < 1.29 is 4.79 Å². The lowest BCUT2D eigenvalue weighted by Crippen LogP contribution is -2.40. The van der Waals surface area contributed by atoms with Crippen molar-refractivity contribution >= 4 is 17.7 Å². The van der Waals surface area contributed by atoms with Gasteiger partial charge in [0.05, 0.1) is 11.4 Å². The van der Waals surface area contributed by atoms with E-state index in [0.717, 1.165) is 31.0 Å². The summed E-state index contributed by atoms with van der Waals surface area (Å²) in [5.74, 6) is 2.80. The molecule has 2 fully saturated rings. The third kappa shape index (κ3) is 3.89. The SMILES string of the molecule is C[C@H]1CCCN(C(=O)CSc2nc(C3CC3)n(-c3ccccc3)n2)C1. The first-order chi connectivity index (χ1) is 12.2. The first-order valence-electron chi connectivity index (χ1n) is 9.13. The van der Waals surface area contributed by atoms with Crippen molar-refractivity contribution in [1.29, 1.82) is 0 Å². The Balaban J connectivity index is 1.45. The van der Waals surface area contributed by atoms with Crippen LogP contribution in [0.25, 0.3) is 5.69 Å². The quantitative estimate of drug-likeness (QED) is 0.770. The monoisotopic (exact) mass is 356 g/mol. The molecule has 1 aromatic carbocycles. The van der Waals surface area contributed by atoms with Gasteiger partial charge in [0.2, 0.25) is 11.1 Å². The van der Waals surface area contributed by atoms with Crippen molar-refractivity contribution in [3.8, 4) is 5.69 Å². The molecule has 6 heteroatoms. The highest BCUT2D eigenvalue weighted by Gasteiger charge is 2.30. The number of aromatic nitrogens is 3. The number of rotatable bonds is 5. The van der Waals surface area contributed by atoms with Crippen LogP contribution in [-0.4, -0.2) is 44.4 Å². The number of para-hydroxylation sites is 1. The normalized spacial score (nSPS) is 20.7. The molecule has 5 nitrogen and oxygen atoms in total. The van der Waals surface area contributed by atoms with Crippen LogP contribution >= 0.6 is 11.8 Å². The molecule has 132 valence electrons. The standard InChI is InChI=1S/C19H24N4OS/c1-14-6-5-11-22(12-14)17(24)13-25-19-20-18(15-9-10-15)23(21-19)16-7-3-2-4-8-16/h2-4,7-8,14-15H,5-6,9-13H2,1H3/t14-/m0/s1. The number of carbonyl (C=O) groups excluding carboxylic acids is 1. The maximum Gasteiger partial charge on any atom is 0.233 e. The Labute approximate surface area is 152 Å². The molecule has 4 rings (SSSR count). The minimum absolute atomic E-state index is 0.209. The third-order valence-electron chi connectivity index (χ3n) is 4.89. The van der Waals surface area contributed by atoms with Crippen LogP contribution in [0.5, 0.6) is 0 Å². The molecule has 1 aliphatic carbocycles. The van der Waals surface area contributed by atoms with Gasteiger partial charge < -0.3 is 4.90 Å². The van der Waals surface area contributed by atoms with E-state index in [0.29, 0.717) is 22.7 Å². The number of amides is 1. The first kappa shape index (κ1) is 16.6. The summed E-state index contributed by atoms with van der Waals surface area (Å²) in [5, 5.41) is 5.38. The molecule has 1 aliphatic heterocycles. The van der Waals surface area contributed by atoms with E-state index in [4.69, 9.17) is 4.98 Å². The highest BCUT2D eigenvalue weighted by molar-refractivity contribution is 7.99. The molecular formula is C19H24N4OS. The number of nitrogens with zero attached hydrogens (tertiary/aromatic N) is 4. The van der Waals surface area contributed by atoms with Crippen molar-refractivity contribution in [2.75, 3.05) is 18.8 Å². The molecule has 0 spiro atoms. The van der Waals surface area contributed by atoms with Gasteiger partial charge in [-0.2, -0.15) is 0 Å². The Hall–Kier alpha value is -1.82. The number of piperidine rings is 1. The summed E-state index contributed by atoms with van der Waals surface area (Å²) in [6, 6.07) is 10.1. The second-order valence-electron chi connectivity index (χ2n) is 7.15. The fraction of sp³-hybridized carbons (Fsp3) is 0.526. The van der Waals surface area contributed by atoms with Crippen LogP contribution < -0.4 is 0 Å². The Bertz CT molecular complexity index is 741. The summed E-state index contributed by atoms with van der Waals surface area (Å²) in [6.45, 7) is 4.00. The van der Waals surface area contributed by atoms with E-state index in [1.54, 1.807) is 0 Å². The molecule has 1 saturated carbocycles. The molecule has 2 heterocycles. The Morgan fingerprint density at radius 3 is 2.76 bits per heavy atom. The Morgan fingerprint density at radius 2 is 2.04 bits per heavy atom. The number of likely N-dealkylation sites (tertiary alicyclic amines) is 1. The number of hydrogen-bond acceptors (Lipinski definition) is 4. The molecule has 1 saturated heterocycles. The number of carbonyl (C=O) groups is 1. The third-order valence-corrected chi connectivity index (χ3v) is 5.71. The average Bonchev–Trinajstić information content (AvgIpc) is 3.40. The number of benzene rings is 1. The van der Waals surface area contributed by atoms with E-state index in [2.05, 4.69) is 24.2 Å². The van der Waals surface area contributed by atoms with Gasteiger partial charge in [-0.15, -0.1) is 5.10 Å². The number of thioether (sulfide) groups is 1. The van der Waals surface area contributed by atoms with Crippen molar-refractivity contribution in [3.63, 3.8) is 0 Å². The minimum atomic E-state index is 0.209. The molecule has 0 N–H and O–H groups in total. The van der Waals surface area contributed by atoms with Gasteiger partial charge in [-0.05, 0) is 43.7 Å². The molecule has 1 atom stereocenters. The molecule has 0 radical (unpaired) electrons. The van der Waals surface area contributed by atoms with Crippen LogP contribution in [0.1, 0.15) is 44.3 Å². The van der Waals surface area contributed by atoms with E-state index in [-0.39, 0.29) is 5.91 Å². The lowest BCUT2D eigenvalue weighted by molar-refractivity contribution is -0.130. The second kappa shape index (κ2) is 7.20. The zero-order chi connectivity index (χ0) is 17.2. The molecule has 0 bridgehead atoms. The van der Waals surface area contributed by atoms with Crippen molar-refractivity contribution in [2.24, 2.45) is 5.92 Å². The molecule has 25 heavy (non-hydrogen) atoms. The fourth-order valence-corrected chi connectivity index (χ4v) is 4.10. The lowest BCUT2D eigenvalue weighted by Gasteiger charge is -2.30. The smallest absolute Gasteiger partial charge is 0.233 e. The largest absolute Gasteiger partial charge is 0.342 e. The molecule has 1 aromatic heterocycles. The maximum atomic E-state index is 12.5. The van der Waals surface area contributed by atoms with E-state index >= 15 is 0 Å². The molecule has 2 aliphatic rings. The zero-order valence-electron chi connectivity index (χ0n) is 14.6. The maximum absolute atomic E-state index is 12.5. The average molecular weight is 356 g/mol. The Kier molecular flexibility index (Phi) is 4.79. The van der Waals surface area contributed by atoms with Crippen LogP contribution in [0.15, 0.2) is 35.5 Å². The number of hydrogen-bond donors (Lipinski definition) is 0. The van der Waals surface area contributed by atoms with E-state index in [1.165, 1.54) is 31.0 Å². The Morgan fingerprint density at radius 1 is 1.24 bits per heavy atom. The predicted molar refractivity (Wildman–Crippen MR) is 99.0 cm³/mol. The van der Waals surface area contributed by atoms with Gasteiger partial charge in [-0.25, -0.2) is 9.67 Å². The van der Waals surface area contributed by atoms with E-state index in [1.807, 2.05) is 27.8 Å². The van der Waals surface area contributed by atoms with Crippen LogP contribution in [0.2, 0.25) is 0 Å². The molecule has 0 unspecified atom stereocenters. The van der Waals surface area contributed by atoms with Gasteiger partial charge in [0.25, 0.3) is 0 Å².